The molecule has 1 aromatic carbocycles. The summed E-state index contributed by atoms with van der Waals surface area (Å²) in [5.41, 5.74) is 2.23. The lowest BCUT2D eigenvalue weighted by atomic mass is 10.0. The van der Waals surface area contributed by atoms with Gasteiger partial charge in [0.1, 0.15) is 0 Å². The van der Waals surface area contributed by atoms with E-state index in [4.69, 9.17) is 24.9 Å². The van der Waals surface area contributed by atoms with E-state index in [1.54, 1.807) is 0 Å². The summed E-state index contributed by atoms with van der Waals surface area (Å²) in [6.45, 7) is 8.99. The van der Waals surface area contributed by atoms with Crippen LogP contribution >= 0.6 is 11.6 Å². The second kappa shape index (κ2) is 7.45. The molecule has 22 heavy (non-hydrogen) atoms. The first-order chi connectivity index (χ1) is 10.4. The summed E-state index contributed by atoms with van der Waals surface area (Å²) in [6.07, 6.45) is 1.98. The molecule has 0 N–H and O–H groups in total. The summed E-state index contributed by atoms with van der Waals surface area (Å²) in [7, 11) is -2.61. The van der Waals surface area contributed by atoms with Gasteiger partial charge < -0.3 is 13.3 Å². The molecule has 2 atom stereocenters. The van der Waals surface area contributed by atoms with Crippen molar-refractivity contribution in [1.82, 2.24) is 0 Å². The van der Waals surface area contributed by atoms with Crippen molar-refractivity contribution in [3.05, 3.63) is 35.4 Å². The van der Waals surface area contributed by atoms with E-state index in [9.17, 15) is 0 Å². The zero-order valence-electron chi connectivity index (χ0n) is 14.0. The standard InChI is InChI=1S/C17H27ClO3Si/c1-5-19-22(20-14(2)12-17(3,4)21-22)11-10-15-6-8-16(13-18)9-7-15/h6-9,14H,5,10-13H2,1-4H3. The van der Waals surface area contributed by atoms with Crippen LogP contribution in [0.1, 0.15) is 45.2 Å². The van der Waals surface area contributed by atoms with Crippen LogP contribution in [0.25, 0.3) is 0 Å². The third-order valence-electron chi connectivity index (χ3n) is 3.85. The number of alkyl halides is 1. The lowest BCUT2D eigenvalue weighted by Crippen LogP contribution is -2.58. The fourth-order valence-electron chi connectivity index (χ4n) is 3.09. The van der Waals surface area contributed by atoms with Crippen molar-refractivity contribution in [1.29, 1.82) is 0 Å². The number of hydrogen-bond donors (Lipinski definition) is 0. The highest BCUT2D eigenvalue weighted by molar-refractivity contribution is 6.61. The predicted molar refractivity (Wildman–Crippen MR) is 92.2 cm³/mol. The first kappa shape index (κ1) is 18.0. The van der Waals surface area contributed by atoms with Crippen LogP contribution in [0.3, 0.4) is 0 Å². The number of benzene rings is 1. The molecule has 5 heteroatoms. The molecular weight excluding hydrogens is 316 g/mol. The van der Waals surface area contributed by atoms with Crippen LogP contribution < -0.4 is 0 Å². The topological polar surface area (TPSA) is 27.7 Å². The fraction of sp³-hybridized carbons (Fsp3) is 0.647. The molecule has 1 aliphatic rings. The minimum absolute atomic E-state index is 0.179. The van der Waals surface area contributed by atoms with Crippen LogP contribution in [0.4, 0.5) is 0 Å². The van der Waals surface area contributed by atoms with E-state index < -0.39 is 8.80 Å². The largest absolute Gasteiger partial charge is 0.501 e. The average Bonchev–Trinajstić information content (AvgIpc) is 2.44. The van der Waals surface area contributed by atoms with Gasteiger partial charge in [-0.2, -0.15) is 0 Å². The van der Waals surface area contributed by atoms with Crippen LogP contribution in [-0.4, -0.2) is 27.1 Å². The summed E-state index contributed by atoms with van der Waals surface area (Å²) < 4.78 is 18.5. The van der Waals surface area contributed by atoms with E-state index in [-0.39, 0.29) is 11.7 Å². The van der Waals surface area contributed by atoms with Gasteiger partial charge in [0.05, 0.1) is 5.60 Å². The Morgan fingerprint density at radius 2 is 1.91 bits per heavy atom. The first-order valence-electron chi connectivity index (χ1n) is 8.04. The van der Waals surface area contributed by atoms with E-state index in [1.807, 2.05) is 6.92 Å². The molecule has 1 aromatic rings. The van der Waals surface area contributed by atoms with Crippen molar-refractivity contribution in [2.24, 2.45) is 0 Å². The van der Waals surface area contributed by atoms with E-state index in [1.165, 1.54) is 5.56 Å². The smallest absolute Gasteiger partial charge is 0.374 e. The third kappa shape index (κ3) is 4.80. The van der Waals surface area contributed by atoms with E-state index in [0.29, 0.717) is 12.5 Å². The summed E-state index contributed by atoms with van der Waals surface area (Å²) in [6, 6.07) is 9.22. The van der Waals surface area contributed by atoms with Gasteiger partial charge in [0.25, 0.3) is 0 Å². The monoisotopic (exact) mass is 342 g/mol. The van der Waals surface area contributed by atoms with Gasteiger partial charge in [0, 0.05) is 24.6 Å². The maximum Gasteiger partial charge on any atom is 0.501 e. The number of halogens is 1. The highest BCUT2D eigenvalue weighted by Crippen LogP contribution is 2.35. The number of rotatable bonds is 6. The van der Waals surface area contributed by atoms with Crippen molar-refractivity contribution in [2.75, 3.05) is 6.61 Å². The lowest BCUT2D eigenvalue weighted by molar-refractivity contribution is -0.0895. The molecule has 1 fully saturated rings. The highest BCUT2D eigenvalue weighted by Gasteiger charge is 2.50. The molecule has 2 unspecified atom stereocenters. The third-order valence-corrected chi connectivity index (χ3v) is 7.38. The quantitative estimate of drug-likeness (QED) is 0.560. The van der Waals surface area contributed by atoms with E-state index in [0.717, 1.165) is 24.4 Å². The van der Waals surface area contributed by atoms with Gasteiger partial charge in [0.15, 0.2) is 0 Å². The molecule has 0 aromatic heterocycles. The lowest BCUT2D eigenvalue weighted by Gasteiger charge is -2.45. The summed E-state index contributed by atoms with van der Waals surface area (Å²) in [5, 5.41) is 0. The Morgan fingerprint density at radius 1 is 1.27 bits per heavy atom. The molecule has 2 rings (SSSR count). The maximum atomic E-state index is 6.31. The summed E-state index contributed by atoms with van der Waals surface area (Å²) in [4.78, 5) is 0. The molecule has 0 bridgehead atoms. The fourth-order valence-corrected chi connectivity index (χ4v) is 6.46. The van der Waals surface area contributed by atoms with Gasteiger partial charge in [-0.25, -0.2) is 0 Å². The number of aryl methyl sites for hydroxylation is 1. The Morgan fingerprint density at radius 3 is 2.45 bits per heavy atom. The van der Waals surface area contributed by atoms with Crippen LogP contribution in [-0.2, 0) is 25.6 Å². The second-order valence-electron chi connectivity index (χ2n) is 6.56. The Hall–Kier alpha value is -0.393. The van der Waals surface area contributed by atoms with Crippen molar-refractivity contribution in [3.8, 4) is 0 Å². The first-order valence-corrected chi connectivity index (χ1v) is 10.5. The van der Waals surface area contributed by atoms with Gasteiger partial charge in [-0.3, -0.25) is 0 Å². The van der Waals surface area contributed by atoms with Crippen LogP contribution in [0.5, 0.6) is 0 Å². The Bertz CT molecular complexity index is 477. The molecule has 0 spiro atoms. The minimum Gasteiger partial charge on any atom is -0.374 e. The van der Waals surface area contributed by atoms with Crippen molar-refractivity contribution < 1.29 is 13.3 Å². The minimum atomic E-state index is -2.61. The van der Waals surface area contributed by atoms with Crippen LogP contribution in [0.2, 0.25) is 6.04 Å². The van der Waals surface area contributed by atoms with Crippen LogP contribution in [0, 0.1) is 0 Å². The Kier molecular flexibility index (Phi) is 6.08. The van der Waals surface area contributed by atoms with E-state index >= 15 is 0 Å². The van der Waals surface area contributed by atoms with Crippen molar-refractivity contribution in [2.45, 2.75) is 64.2 Å². The average molecular weight is 343 g/mol. The highest BCUT2D eigenvalue weighted by atomic mass is 35.5. The molecule has 1 saturated heterocycles. The van der Waals surface area contributed by atoms with Gasteiger partial charge >= 0.3 is 8.80 Å². The number of hydrogen-bond acceptors (Lipinski definition) is 3. The zero-order valence-corrected chi connectivity index (χ0v) is 15.8. The molecule has 0 amide bonds. The van der Waals surface area contributed by atoms with Gasteiger partial charge in [0.2, 0.25) is 0 Å². The normalized spacial score (nSPS) is 27.8. The molecular formula is C17H27ClO3Si. The molecule has 0 saturated carbocycles. The molecule has 1 aliphatic heterocycles. The zero-order chi connectivity index (χ0) is 16.2. The van der Waals surface area contributed by atoms with Gasteiger partial charge in [-0.05, 0) is 51.7 Å². The molecule has 1 heterocycles. The molecule has 0 aliphatic carbocycles. The molecule has 124 valence electrons. The summed E-state index contributed by atoms with van der Waals surface area (Å²) >= 11 is 5.84. The SMILES string of the molecule is CCO[Si]1(CCc2ccc(CCl)cc2)OC(C)CC(C)(C)O1. The maximum absolute atomic E-state index is 6.31. The summed E-state index contributed by atoms with van der Waals surface area (Å²) in [5.74, 6) is 0.551. The Balaban J connectivity index is 2.07. The van der Waals surface area contributed by atoms with E-state index in [2.05, 4.69) is 45.0 Å². The van der Waals surface area contributed by atoms with Gasteiger partial charge in [-0.15, -0.1) is 11.6 Å². The van der Waals surface area contributed by atoms with Crippen LogP contribution in [0.15, 0.2) is 24.3 Å². The molecule has 0 radical (unpaired) electrons. The van der Waals surface area contributed by atoms with Gasteiger partial charge in [-0.1, -0.05) is 24.3 Å². The molecule has 3 nitrogen and oxygen atoms in total. The Labute approximate surface area is 140 Å². The second-order valence-corrected chi connectivity index (χ2v) is 9.42. The van der Waals surface area contributed by atoms with Crippen molar-refractivity contribution >= 4 is 20.4 Å². The van der Waals surface area contributed by atoms with Crippen molar-refractivity contribution in [3.63, 3.8) is 0 Å². The predicted octanol–water partition coefficient (Wildman–Crippen LogP) is 4.55.